The van der Waals surface area contributed by atoms with E-state index in [0.717, 1.165) is 11.4 Å². The van der Waals surface area contributed by atoms with Gasteiger partial charge in [0.1, 0.15) is 12.6 Å². The second-order valence-electron chi connectivity index (χ2n) is 4.62. The van der Waals surface area contributed by atoms with E-state index in [4.69, 9.17) is 4.74 Å². The summed E-state index contributed by atoms with van der Waals surface area (Å²) in [5.41, 5.74) is 1.02. The van der Waals surface area contributed by atoms with E-state index in [1.807, 2.05) is 30.3 Å². The molecule has 0 bridgehead atoms. The van der Waals surface area contributed by atoms with E-state index in [1.54, 1.807) is 11.8 Å². The van der Waals surface area contributed by atoms with Crippen LogP contribution < -0.4 is 5.32 Å². The molecule has 0 saturated carbocycles. The lowest BCUT2D eigenvalue weighted by Crippen LogP contribution is -2.44. The molecule has 1 atom stereocenters. The van der Waals surface area contributed by atoms with Gasteiger partial charge in [-0.3, -0.25) is 10.1 Å². The Morgan fingerprint density at radius 1 is 1.47 bits per heavy atom. The van der Waals surface area contributed by atoms with E-state index >= 15 is 0 Å². The number of benzene rings is 1. The molecule has 1 aliphatic heterocycles. The van der Waals surface area contributed by atoms with Gasteiger partial charge in [0.25, 0.3) is 0 Å². The van der Waals surface area contributed by atoms with Gasteiger partial charge in [-0.1, -0.05) is 30.3 Å². The molecule has 1 saturated heterocycles. The van der Waals surface area contributed by atoms with Crippen molar-refractivity contribution >= 4 is 17.7 Å². The Kier molecular flexibility index (Phi) is 3.74. The van der Waals surface area contributed by atoms with Crippen molar-refractivity contribution in [3.8, 4) is 0 Å². The highest BCUT2D eigenvalue weighted by molar-refractivity contribution is 8.00. The molecule has 0 spiro atoms. The van der Waals surface area contributed by atoms with Crippen LogP contribution in [0, 0.1) is 0 Å². The first-order valence-corrected chi connectivity index (χ1v) is 6.66. The molecule has 1 aromatic carbocycles. The fourth-order valence-corrected chi connectivity index (χ4v) is 2.79. The maximum absolute atomic E-state index is 11.9. The summed E-state index contributed by atoms with van der Waals surface area (Å²) in [5.74, 6) is 0.641. The monoisotopic (exact) mass is 251 g/mol. The molecular formula is C13H17NO2S. The summed E-state index contributed by atoms with van der Waals surface area (Å²) in [6.45, 7) is 4.47. The van der Waals surface area contributed by atoms with E-state index in [-0.39, 0.29) is 16.8 Å². The first kappa shape index (κ1) is 12.5. The molecule has 2 rings (SSSR count). The molecule has 1 N–H and O–H groups in total. The van der Waals surface area contributed by atoms with Crippen molar-refractivity contribution in [1.29, 1.82) is 0 Å². The number of ether oxygens (including phenoxy) is 1. The van der Waals surface area contributed by atoms with Crippen molar-refractivity contribution in [2.45, 2.75) is 31.2 Å². The molecular weight excluding hydrogens is 234 g/mol. The number of esters is 1. The minimum atomic E-state index is -0.212. The molecule has 1 aliphatic rings. The number of thioether (sulfide) groups is 1. The van der Waals surface area contributed by atoms with E-state index in [2.05, 4.69) is 19.2 Å². The van der Waals surface area contributed by atoms with Crippen LogP contribution in [0.25, 0.3) is 0 Å². The number of carbonyl (C=O) groups is 1. The molecule has 0 amide bonds. The summed E-state index contributed by atoms with van der Waals surface area (Å²) in [7, 11) is 0. The number of carbonyl (C=O) groups excluding carboxylic acids is 1. The molecule has 1 aromatic rings. The number of nitrogens with one attached hydrogen (secondary N) is 1. The highest BCUT2D eigenvalue weighted by atomic mass is 32.2. The lowest BCUT2D eigenvalue weighted by Gasteiger charge is -2.23. The maximum atomic E-state index is 11.9. The zero-order valence-corrected chi connectivity index (χ0v) is 10.9. The zero-order chi connectivity index (χ0) is 12.3. The molecule has 92 valence electrons. The van der Waals surface area contributed by atoms with E-state index in [1.165, 1.54) is 0 Å². The SMILES string of the molecule is CC1(C)SCN[C@@H]1C(=O)OCc1ccccc1. The third-order valence-electron chi connectivity index (χ3n) is 2.89. The summed E-state index contributed by atoms with van der Waals surface area (Å²) >= 11 is 1.75. The van der Waals surface area contributed by atoms with Crippen LogP contribution >= 0.6 is 11.8 Å². The second kappa shape index (κ2) is 5.10. The van der Waals surface area contributed by atoms with Gasteiger partial charge in [0, 0.05) is 10.6 Å². The van der Waals surface area contributed by atoms with Crippen LogP contribution in [0.1, 0.15) is 19.4 Å². The maximum Gasteiger partial charge on any atom is 0.324 e. The summed E-state index contributed by atoms with van der Waals surface area (Å²) < 4.78 is 5.24. The summed E-state index contributed by atoms with van der Waals surface area (Å²) in [5, 5.41) is 3.17. The van der Waals surface area contributed by atoms with Crippen LogP contribution in [-0.4, -0.2) is 22.6 Å². The van der Waals surface area contributed by atoms with Gasteiger partial charge in [-0.05, 0) is 19.4 Å². The lowest BCUT2D eigenvalue weighted by atomic mass is 10.0. The molecule has 17 heavy (non-hydrogen) atoms. The number of hydrogen-bond acceptors (Lipinski definition) is 4. The zero-order valence-electron chi connectivity index (χ0n) is 10.1. The predicted molar refractivity (Wildman–Crippen MR) is 69.7 cm³/mol. The van der Waals surface area contributed by atoms with Crippen molar-refractivity contribution in [2.24, 2.45) is 0 Å². The molecule has 1 fully saturated rings. The fraction of sp³-hybridized carbons (Fsp3) is 0.462. The van der Waals surface area contributed by atoms with E-state index < -0.39 is 0 Å². The Bertz CT molecular complexity index is 392. The fourth-order valence-electron chi connectivity index (χ4n) is 1.82. The number of rotatable bonds is 3. The van der Waals surface area contributed by atoms with Gasteiger partial charge in [-0.2, -0.15) is 0 Å². The third-order valence-corrected chi connectivity index (χ3v) is 4.18. The van der Waals surface area contributed by atoms with Gasteiger partial charge in [0.15, 0.2) is 0 Å². The lowest BCUT2D eigenvalue weighted by molar-refractivity contribution is -0.147. The predicted octanol–water partition coefficient (Wildman–Crippen LogP) is 2.17. The van der Waals surface area contributed by atoms with Crippen LogP contribution in [0.2, 0.25) is 0 Å². The van der Waals surface area contributed by atoms with Crippen LogP contribution in [-0.2, 0) is 16.1 Å². The Balaban J connectivity index is 1.90. The van der Waals surface area contributed by atoms with Gasteiger partial charge in [0.05, 0.1) is 0 Å². The van der Waals surface area contributed by atoms with Crippen LogP contribution in [0.5, 0.6) is 0 Å². The Hall–Kier alpha value is -1.00. The summed E-state index contributed by atoms with van der Waals surface area (Å²) in [6.07, 6.45) is 0. The van der Waals surface area contributed by atoms with Crippen molar-refractivity contribution in [1.82, 2.24) is 5.32 Å². The molecule has 0 radical (unpaired) electrons. The van der Waals surface area contributed by atoms with Crippen LogP contribution in [0.4, 0.5) is 0 Å². The quantitative estimate of drug-likeness (QED) is 0.836. The van der Waals surface area contributed by atoms with E-state index in [9.17, 15) is 4.79 Å². The Labute approximate surface area is 106 Å². The van der Waals surface area contributed by atoms with Gasteiger partial charge < -0.3 is 4.74 Å². The minimum absolute atomic E-state index is 0.0895. The molecule has 3 nitrogen and oxygen atoms in total. The smallest absolute Gasteiger partial charge is 0.324 e. The highest BCUT2D eigenvalue weighted by Crippen LogP contribution is 2.33. The third kappa shape index (κ3) is 3.01. The van der Waals surface area contributed by atoms with Crippen LogP contribution in [0.15, 0.2) is 30.3 Å². The highest BCUT2D eigenvalue weighted by Gasteiger charge is 2.41. The summed E-state index contributed by atoms with van der Waals surface area (Å²) in [6, 6.07) is 9.53. The van der Waals surface area contributed by atoms with Gasteiger partial charge in [-0.15, -0.1) is 11.8 Å². The summed E-state index contributed by atoms with van der Waals surface area (Å²) in [4.78, 5) is 11.9. The average Bonchev–Trinajstić information content (AvgIpc) is 2.67. The average molecular weight is 251 g/mol. The van der Waals surface area contributed by atoms with E-state index in [0.29, 0.717) is 6.61 Å². The molecule has 0 unspecified atom stereocenters. The van der Waals surface area contributed by atoms with Crippen molar-refractivity contribution in [3.63, 3.8) is 0 Å². The van der Waals surface area contributed by atoms with Gasteiger partial charge in [0.2, 0.25) is 0 Å². The van der Waals surface area contributed by atoms with Crippen molar-refractivity contribution < 1.29 is 9.53 Å². The Morgan fingerprint density at radius 3 is 2.76 bits per heavy atom. The largest absolute Gasteiger partial charge is 0.460 e. The second-order valence-corrected chi connectivity index (χ2v) is 6.25. The van der Waals surface area contributed by atoms with Crippen LogP contribution in [0.3, 0.4) is 0 Å². The van der Waals surface area contributed by atoms with Gasteiger partial charge >= 0.3 is 5.97 Å². The molecule has 0 aromatic heterocycles. The Morgan fingerprint density at radius 2 is 2.18 bits per heavy atom. The standard InChI is InChI=1S/C13H17NO2S/c1-13(2)11(14-9-17-13)12(15)16-8-10-6-4-3-5-7-10/h3-7,11,14H,8-9H2,1-2H3/t11-/m1/s1. The van der Waals surface area contributed by atoms with Crippen molar-refractivity contribution in [2.75, 3.05) is 5.88 Å². The number of hydrogen-bond donors (Lipinski definition) is 1. The first-order valence-electron chi connectivity index (χ1n) is 5.67. The molecule has 4 heteroatoms. The first-order chi connectivity index (χ1) is 8.09. The normalized spacial score (nSPS) is 22.4. The van der Waals surface area contributed by atoms with Crippen molar-refractivity contribution in [3.05, 3.63) is 35.9 Å². The minimum Gasteiger partial charge on any atom is -0.460 e. The van der Waals surface area contributed by atoms with Gasteiger partial charge in [-0.25, -0.2) is 0 Å². The topological polar surface area (TPSA) is 38.3 Å². The molecule has 0 aliphatic carbocycles. The molecule has 1 heterocycles.